The summed E-state index contributed by atoms with van der Waals surface area (Å²) in [7, 11) is 20.0. The molecule has 7 aliphatic carbocycles. The number of carbonyl (C=O) groups is 6. The summed E-state index contributed by atoms with van der Waals surface area (Å²) in [4.78, 5) is 86.0. The number of amides is 1. The van der Waals surface area contributed by atoms with Crippen LogP contribution in [0.25, 0.3) is 5.57 Å². The predicted octanol–water partition coefficient (Wildman–Crippen LogP) is 15.0. The number of likely N-dealkylation sites (N-methyl/N-ethyl adjacent to an activating group) is 2. The summed E-state index contributed by atoms with van der Waals surface area (Å²) in [6.45, 7) is 24.4. The molecule has 7 aliphatic heterocycles. The molecule has 6 saturated heterocycles. The molecule has 0 aromatic heterocycles. The highest BCUT2D eigenvalue weighted by Gasteiger charge is 2.58. The molecular weight excluding hydrogens is 1690 g/mol. The first-order chi connectivity index (χ1) is 63.2. The fraction of sp³-hybridized carbons (Fsp3) is 0.788. The number of hydrogen-bond donors (Lipinski definition) is 1. The van der Waals surface area contributed by atoms with E-state index in [0.29, 0.717) is 60.9 Å². The van der Waals surface area contributed by atoms with Crippen LogP contribution in [-0.4, -0.2) is 276 Å². The largest absolute Gasteiger partial charge is 0.513 e. The second kappa shape index (κ2) is 46.4. The van der Waals surface area contributed by atoms with Crippen LogP contribution in [0.5, 0.6) is 0 Å². The Labute approximate surface area is 785 Å². The molecule has 1 N–H and O–H groups in total. The molecule has 1 spiro atoms. The van der Waals surface area contributed by atoms with Crippen LogP contribution in [0, 0.1) is 84.9 Å². The van der Waals surface area contributed by atoms with E-state index in [1.165, 1.54) is 5.57 Å². The number of allylic oxidation sites excluding steroid dienone is 8. The lowest BCUT2D eigenvalue weighted by atomic mass is 9.67. The van der Waals surface area contributed by atoms with Crippen molar-refractivity contribution in [2.45, 2.75) is 371 Å². The van der Waals surface area contributed by atoms with Gasteiger partial charge in [-0.25, -0.2) is 4.79 Å². The molecule has 740 valence electrons. The number of nitrogens with one attached hydrogen (secondary N) is 1. The first kappa shape index (κ1) is 104. The van der Waals surface area contributed by atoms with Crippen molar-refractivity contribution in [2.75, 3.05) is 84.6 Å². The lowest BCUT2D eigenvalue weighted by molar-refractivity contribution is -0.314. The number of esters is 2. The Morgan fingerprint density at radius 1 is 0.485 bits per heavy atom. The number of cyclic esters (lactones) is 2. The molecular formula is C104H159N3O25. The summed E-state index contributed by atoms with van der Waals surface area (Å²) in [5.41, 5.74) is 5.36. The van der Waals surface area contributed by atoms with Crippen LogP contribution < -0.4 is 5.32 Å². The molecule has 34 atom stereocenters. The van der Waals surface area contributed by atoms with E-state index < -0.39 is 36.5 Å². The van der Waals surface area contributed by atoms with Crippen molar-refractivity contribution in [3.05, 3.63) is 87.7 Å². The van der Waals surface area contributed by atoms with Gasteiger partial charge in [-0.2, -0.15) is 0 Å². The molecule has 0 bridgehead atoms. The fourth-order valence-corrected chi connectivity index (χ4v) is 25.2. The number of rotatable bonds is 22. The number of methoxy groups -OCH3 is 7. The molecule has 7 heterocycles. The van der Waals surface area contributed by atoms with Gasteiger partial charge >= 0.3 is 18.1 Å². The number of ketones is 2. The second-order valence-electron chi connectivity index (χ2n) is 40.7. The van der Waals surface area contributed by atoms with E-state index in [-0.39, 0.29) is 212 Å². The minimum Gasteiger partial charge on any atom is -0.462 e. The van der Waals surface area contributed by atoms with E-state index in [2.05, 4.69) is 108 Å². The number of carbonyl (C=O) groups excluding carboxylic acids is 6. The number of benzene rings is 1. The van der Waals surface area contributed by atoms with Crippen LogP contribution in [0.2, 0.25) is 0 Å². The summed E-state index contributed by atoms with van der Waals surface area (Å²) < 4.78 is 115. The number of aryl methyl sites for hydroxylation is 2. The Balaban J connectivity index is 0.000000177. The molecule has 15 rings (SSSR count). The van der Waals surface area contributed by atoms with Gasteiger partial charge in [0.25, 0.3) is 5.91 Å². The van der Waals surface area contributed by atoms with Gasteiger partial charge < -0.3 is 105 Å². The number of nitrogens with zero attached hydrogens (tertiary/aromatic N) is 2. The Morgan fingerprint density at radius 2 is 0.970 bits per heavy atom. The zero-order valence-corrected chi connectivity index (χ0v) is 83.2. The topological polar surface area (TPSA) is 296 Å². The van der Waals surface area contributed by atoms with Crippen LogP contribution in [0.1, 0.15) is 227 Å². The highest BCUT2D eigenvalue weighted by Crippen LogP contribution is 2.58. The molecule has 28 heteroatoms. The lowest BCUT2D eigenvalue weighted by Gasteiger charge is -2.44. The average Bonchev–Trinajstić information content (AvgIpc) is 1.59. The Kier molecular flexibility index (Phi) is 36.4. The maximum atomic E-state index is 14.7. The number of fused-ring (bicyclic) bond motifs is 10. The average molecular weight is 1850 g/mol. The predicted molar refractivity (Wildman–Crippen MR) is 494 cm³/mol. The van der Waals surface area contributed by atoms with E-state index in [9.17, 15) is 28.8 Å². The minimum atomic E-state index is -0.778. The molecule has 0 unspecified atom stereocenters. The van der Waals surface area contributed by atoms with Gasteiger partial charge in [-0.1, -0.05) is 87.4 Å². The molecule has 14 aliphatic rings. The van der Waals surface area contributed by atoms with Crippen LogP contribution in [0.4, 0.5) is 4.79 Å². The molecule has 1 aromatic carbocycles. The third kappa shape index (κ3) is 23.0. The van der Waals surface area contributed by atoms with Gasteiger partial charge in [0.1, 0.15) is 54.6 Å². The maximum Gasteiger partial charge on any atom is 0.513 e. The molecule has 1 amide bonds. The van der Waals surface area contributed by atoms with Crippen LogP contribution in [0.3, 0.4) is 0 Å². The highest BCUT2D eigenvalue weighted by atomic mass is 16.7. The zero-order chi connectivity index (χ0) is 95.0. The van der Waals surface area contributed by atoms with Crippen LogP contribution in [-0.2, 0) is 114 Å². The Hall–Kier alpha value is -5.74. The summed E-state index contributed by atoms with van der Waals surface area (Å²) in [6.07, 6.45) is 21.6. The van der Waals surface area contributed by atoms with Crippen molar-refractivity contribution in [3.8, 4) is 0 Å². The van der Waals surface area contributed by atoms with E-state index in [1.54, 1.807) is 56.7 Å². The van der Waals surface area contributed by atoms with Crippen molar-refractivity contribution >= 4 is 41.1 Å². The van der Waals surface area contributed by atoms with E-state index in [0.717, 1.165) is 131 Å². The number of ether oxygens (including phenoxy) is 19. The Bertz CT molecular complexity index is 4210. The summed E-state index contributed by atoms with van der Waals surface area (Å²) in [6, 6.07) is 6.60. The minimum absolute atomic E-state index is 0.0364. The third-order valence-electron chi connectivity index (χ3n) is 32.4. The van der Waals surface area contributed by atoms with Crippen LogP contribution >= 0.6 is 0 Å². The third-order valence-corrected chi connectivity index (χ3v) is 32.4. The van der Waals surface area contributed by atoms with E-state index in [1.807, 2.05) is 59.7 Å². The first-order valence-corrected chi connectivity index (χ1v) is 49.8. The normalized spacial score (nSPS) is 41.3. The van der Waals surface area contributed by atoms with E-state index in [4.69, 9.17) is 90.0 Å². The molecule has 1 aromatic rings. The van der Waals surface area contributed by atoms with Crippen LogP contribution in [0.15, 0.2) is 71.1 Å². The Morgan fingerprint density at radius 3 is 1.44 bits per heavy atom. The van der Waals surface area contributed by atoms with Crippen molar-refractivity contribution in [1.82, 2.24) is 15.1 Å². The standard InChI is InChI=1S/C42H67NO10.C41H65NO10.C21H27NO5/c1-11-26-13-12-14-35(53-37-16-15-34(43(6)7)24(4)49-37)23(3)38(45)33-20-31-29(32(33)21-36(44)51-26)17-22(2)28-18-27(19-30(28)31)52-42-41(48-10)40(47-9)39(46-8)25(5)50-42;1-10-26-12-11-13-34(52-36-17-16-33(42(5)6)23(3)48-36)22(2)37(44)32-20-30-28(31(32)21-35(43)50-26)15-14-25-18-27(19-29(25)30)51-41-40(47-9)39(46-8)38(45-7)24(4)49-41;1-5-26-20(24)27-18-17(16-12-13(2)6-7-14(16)3)19(23)22-21(18)10-8-15(25-4)9-11-21/h17,20,23-32,34-35,37,39-42H,11-16,18-19,21H2,1-10H3;14-15,20,22-31,33-34,36,38-41H,10-13,16-19,21H2,1-9H3;6-7,12,15H,5,8-11H2,1-4H3,(H,22,23)/t23-,24-,25+,26+,27-,28+,29-,30-,31-,32+,34+,35+,37+,39+,40-,41-,42+;22-,23-,24+,25-,26+,27-,28-,29-,30-,31+,33+,34+,36+,38+,39-,40-,41+;/m11./s1. The van der Waals surface area contributed by atoms with Crippen molar-refractivity contribution in [1.29, 1.82) is 0 Å². The maximum absolute atomic E-state index is 14.7. The number of Topliss-reactive ketones (excluding diaryl/α,β-unsaturated/α-hetero) is 2. The second-order valence-corrected chi connectivity index (χ2v) is 40.7. The monoisotopic (exact) mass is 1850 g/mol. The van der Waals surface area contributed by atoms with Gasteiger partial charge in [0.2, 0.25) is 0 Å². The quantitative estimate of drug-likeness (QED) is 0.0641. The summed E-state index contributed by atoms with van der Waals surface area (Å²) in [5.74, 6) is 0.203. The summed E-state index contributed by atoms with van der Waals surface area (Å²) in [5, 5.41) is 3.11. The van der Waals surface area contributed by atoms with Gasteiger partial charge in [-0.3, -0.25) is 24.0 Å². The van der Waals surface area contributed by atoms with Gasteiger partial charge in [0, 0.05) is 85.5 Å². The number of hydrogen-bond acceptors (Lipinski definition) is 27. The van der Waals surface area contributed by atoms with Crippen molar-refractivity contribution < 1.29 is 119 Å². The summed E-state index contributed by atoms with van der Waals surface area (Å²) >= 11 is 0. The fourth-order valence-electron chi connectivity index (χ4n) is 25.2. The van der Waals surface area contributed by atoms with Crippen molar-refractivity contribution in [2.24, 2.45) is 71.0 Å². The SMILES string of the molecule is CCOC(=O)OC1=C(c2cc(C)ccc2C)C(=O)NC12CCC(OC)CC2.CC[C@H]1CCC[C@H](O[C@H]2CC[C@H](N(C)C)[C@@H](C)O2)[C@@H](C)C(=O)C2=C[C@@H]3[C@@H](C=C(C)[C@@H]4C[C@@H](O[C@@H]5O[C@@H](C)[C@H](OC)[C@@H](OC)[C@H]5OC)C[C@@H]34)[C@@H]2CC(=O)O1.CC[C@H]1CCC[C@H](O[C@H]2CC[C@H](N(C)C)[C@@H](C)O2)[C@@H](C)C(=O)C2=C[C@@H]3[C@@H](C=C[C@@H]4C[C@@H](O[C@@H]5O[C@@H](C)[C@H](OC)[C@@H](OC)[C@H]5OC)C[C@@H]34)[C@@H]2CC(=O)O1. The molecule has 3 saturated carbocycles. The van der Waals surface area contributed by atoms with Gasteiger partial charge in [0.05, 0.1) is 85.5 Å². The van der Waals surface area contributed by atoms with Gasteiger partial charge in [-0.05, 0) is 282 Å². The molecule has 0 radical (unpaired) electrons. The molecule has 9 fully saturated rings. The highest BCUT2D eigenvalue weighted by molar-refractivity contribution is 6.24. The van der Waals surface area contributed by atoms with Gasteiger partial charge in [0.15, 0.2) is 36.7 Å². The van der Waals surface area contributed by atoms with E-state index >= 15 is 0 Å². The molecule has 132 heavy (non-hydrogen) atoms. The zero-order valence-electron chi connectivity index (χ0n) is 83.2. The smallest absolute Gasteiger partial charge is 0.462 e. The van der Waals surface area contributed by atoms with Gasteiger partial charge in [-0.15, -0.1) is 0 Å². The molecule has 28 nitrogen and oxygen atoms in total. The lowest BCUT2D eigenvalue weighted by Crippen LogP contribution is -2.59. The first-order valence-electron chi connectivity index (χ1n) is 49.8. The van der Waals surface area contributed by atoms with Crippen molar-refractivity contribution in [3.63, 3.8) is 0 Å².